The van der Waals surface area contributed by atoms with Crippen LogP contribution in [0.1, 0.15) is 29.4 Å². The molecule has 0 amide bonds. The number of hydrogen-bond acceptors (Lipinski definition) is 3. The lowest BCUT2D eigenvalue weighted by Crippen LogP contribution is -2.46. The van der Waals surface area contributed by atoms with Crippen molar-refractivity contribution >= 4 is 0 Å². The fraction of sp³-hybridized carbons (Fsp3) is 0.533. The smallest absolute Gasteiger partial charge is 0.417 e. The molecule has 2 rings (SSSR count). The Morgan fingerprint density at radius 1 is 1.35 bits per heavy atom. The zero-order chi connectivity index (χ0) is 20.1. The molecule has 0 saturated carbocycles. The van der Waals surface area contributed by atoms with Gasteiger partial charge in [-0.05, 0) is 13.0 Å². The van der Waals surface area contributed by atoms with Crippen LogP contribution in [0.25, 0.3) is 0 Å². The lowest BCUT2D eigenvalue weighted by atomic mass is 9.77. The maximum absolute atomic E-state index is 13.7. The molecule has 1 heterocycles. The van der Waals surface area contributed by atoms with Gasteiger partial charge in [0, 0.05) is 23.5 Å². The molecule has 1 saturated heterocycles. The second kappa shape index (κ2) is 5.64. The van der Waals surface area contributed by atoms with E-state index in [9.17, 15) is 27.2 Å². The highest BCUT2D eigenvalue weighted by molar-refractivity contribution is 5.41. The van der Waals surface area contributed by atoms with Gasteiger partial charge in [-0.1, -0.05) is 6.92 Å². The molecule has 0 radical (unpaired) electrons. The number of nitrogens with zero attached hydrogens (tertiary/aromatic N) is 1. The van der Waals surface area contributed by atoms with Gasteiger partial charge in [-0.15, -0.1) is 0 Å². The van der Waals surface area contributed by atoms with Crippen molar-refractivity contribution in [3.8, 4) is 11.8 Å². The Morgan fingerprint density at radius 2 is 1.96 bits per heavy atom. The average Bonchev–Trinajstić information content (AvgIpc) is 2.74. The molecule has 126 valence electrons. The summed E-state index contributed by atoms with van der Waals surface area (Å²) in [7, 11) is -3.06. The van der Waals surface area contributed by atoms with E-state index in [0.29, 0.717) is 12.1 Å². The summed E-state index contributed by atoms with van der Waals surface area (Å²) in [6.45, 7) is 1.88. The van der Waals surface area contributed by atoms with Crippen LogP contribution in [-0.2, 0) is 4.74 Å². The third kappa shape index (κ3) is 2.63. The molecule has 1 aromatic carbocycles. The summed E-state index contributed by atoms with van der Waals surface area (Å²) in [4.78, 5) is 0. The molecule has 1 aliphatic rings. The van der Waals surface area contributed by atoms with E-state index in [1.807, 2.05) is 0 Å². The van der Waals surface area contributed by atoms with Crippen LogP contribution >= 0.6 is 0 Å². The van der Waals surface area contributed by atoms with Crippen molar-refractivity contribution in [2.45, 2.75) is 37.6 Å². The predicted octanol–water partition coefficient (Wildman–Crippen LogP) is 3.94. The van der Waals surface area contributed by atoms with Crippen molar-refractivity contribution in [3.63, 3.8) is 0 Å². The van der Waals surface area contributed by atoms with Crippen LogP contribution in [-0.4, -0.2) is 24.9 Å². The first-order chi connectivity index (χ1) is 11.7. The second-order valence-electron chi connectivity index (χ2n) is 5.49. The van der Waals surface area contributed by atoms with Gasteiger partial charge in [0.15, 0.2) is 23.3 Å². The first-order valence-corrected chi connectivity index (χ1v) is 6.53. The van der Waals surface area contributed by atoms with Gasteiger partial charge in [-0.3, -0.25) is 0 Å². The van der Waals surface area contributed by atoms with Crippen LogP contribution in [0.4, 0.5) is 22.0 Å². The molecule has 0 aromatic heterocycles. The highest BCUT2D eigenvalue weighted by Gasteiger charge is 2.64. The van der Waals surface area contributed by atoms with E-state index in [1.165, 1.54) is 0 Å². The summed E-state index contributed by atoms with van der Waals surface area (Å²) in [5, 5.41) is 9.20. The van der Waals surface area contributed by atoms with Gasteiger partial charge in [0.2, 0.25) is 0 Å². The van der Waals surface area contributed by atoms with Crippen LogP contribution < -0.4 is 4.74 Å². The topological polar surface area (TPSA) is 42.2 Å². The van der Waals surface area contributed by atoms with Crippen LogP contribution in [0, 0.1) is 28.9 Å². The van der Waals surface area contributed by atoms with Gasteiger partial charge < -0.3 is 9.47 Å². The van der Waals surface area contributed by atoms with Gasteiger partial charge in [-0.2, -0.15) is 18.4 Å². The first-order valence-electron chi connectivity index (χ1n) is 8.03. The Bertz CT molecular complexity index is 747. The molecular formula is C15H14F5NO2. The van der Waals surface area contributed by atoms with E-state index in [0.717, 1.165) is 13.8 Å². The average molecular weight is 338 g/mol. The Balaban J connectivity index is 2.62. The van der Waals surface area contributed by atoms with E-state index < -0.39 is 54.1 Å². The molecule has 1 fully saturated rings. The van der Waals surface area contributed by atoms with Gasteiger partial charge in [-0.25, -0.2) is 8.78 Å². The van der Waals surface area contributed by atoms with E-state index in [4.69, 9.17) is 8.85 Å². The quantitative estimate of drug-likeness (QED) is 0.767. The number of ether oxygens (including phenoxy) is 2. The second-order valence-corrected chi connectivity index (χ2v) is 5.49. The minimum absolute atomic E-state index is 0.382. The van der Waals surface area contributed by atoms with Crippen LogP contribution in [0.2, 0.25) is 0 Å². The maximum Gasteiger partial charge on any atom is 0.417 e. The molecule has 0 spiro atoms. The minimum Gasteiger partial charge on any atom is -0.496 e. The molecule has 1 aromatic rings. The number of rotatable bonds is 2. The molecule has 0 aliphatic carbocycles. The molecule has 0 bridgehead atoms. The molecule has 8 heteroatoms. The summed E-state index contributed by atoms with van der Waals surface area (Å²) < 4.78 is 98.3. The molecule has 0 unspecified atom stereocenters. The van der Waals surface area contributed by atoms with Crippen LogP contribution in [0.15, 0.2) is 12.1 Å². The Labute approximate surface area is 133 Å². The van der Waals surface area contributed by atoms with E-state index >= 15 is 0 Å². The van der Waals surface area contributed by atoms with Gasteiger partial charge in [0.05, 0.1) is 17.2 Å². The molecule has 0 N–H and O–H groups in total. The summed E-state index contributed by atoms with van der Waals surface area (Å²) in [6.07, 6.45) is -6.51. The highest BCUT2D eigenvalue weighted by atomic mass is 19.4. The largest absolute Gasteiger partial charge is 0.496 e. The SMILES string of the molecule is [2H]C([2H])([2H])Oc1cc(F)c(F)cc1[C@H]1[C@H](C#N)O[C@@](C)(C(F)(F)F)[C@H]1C. The van der Waals surface area contributed by atoms with E-state index in [1.54, 1.807) is 6.07 Å². The zero-order valence-corrected chi connectivity index (χ0v) is 12.0. The lowest BCUT2D eigenvalue weighted by Gasteiger charge is -2.31. The number of hydrogen-bond donors (Lipinski definition) is 0. The van der Waals surface area contributed by atoms with E-state index in [-0.39, 0.29) is 5.56 Å². The molecule has 23 heavy (non-hydrogen) atoms. The Hall–Kier alpha value is -1.88. The maximum atomic E-state index is 13.7. The predicted molar refractivity (Wildman–Crippen MR) is 69.8 cm³/mol. The van der Waals surface area contributed by atoms with E-state index in [2.05, 4.69) is 4.74 Å². The van der Waals surface area contributed by atoms with Crippen molar-refractivity contribution in [3.05, 3.63) is 29.3 Å². The molecule has 1 aliphatic heterocycles. The van der Waals surface area contributed by atoms with Crippen LogP contribution in [0.3, 0.4) is 0 Å². The third-order valence-electron chi connectivity index (χ3n) is 4.32. The van der Waals surface area contributed by atoms with Crippen molar-refractivity contribution in [2.24, 2.45) is 5.92 Å². The molecule has 4 atom stereocenters. The summed E-state index contributed by atoms with van der Waals surface area (Å²) in [6, 6.07) is 2.53. The van der Waals surface area contributed by atoms with Crippen molar-refractivity contribution < 1.29 is 35.5 Å². The van der Waals surface area contributed by atoms with Crippen molar-refractivity contribution in [1.29, 1.82) is 5.26 Å². The lowest BCUT2D eigenvalue weighted by molar-refractivity contribution is -0.270. The number of alkyl halides is 3. The third-order valence-corrected chi connectivity index (χ3v) is 4.32. The molecular weight excluding hydrogens is 321 g/mol. The Kier molecular flexibility index (Phi) is 3.32. The fourth-order valence-corrected chi connectivity index (χ4v) is 2.81. The summed E-state index contributed by atoms with van der Waals surface area (Å²) in [5.41, 5.74) is -3.12. The summed E-state index contributed by atoms with van der Waals surface area (Å²) in [5.74, 6) is -6.32. The number of methoxy groups -OCH3 is 1. The summed E-state index contributed by atoms with van der Waals surface area (Å²) >= 11 is 0. The van der Waals surface area contributed by atoms with Crippen molar-refractivity contribution in [1.82, 2.24) is 0 Å². The normalized spacial score (nSPS) is 33.5. The van der Waals surface area contributed by atoms with Gasteiger partial charge >= 0.3 is 6.18 Å². The number of nitriles is 1. The monoisotopic (exact) mass is 338 g/mol. The van der Waals surface area contributed by atoms with Gasteiger partial charge in [0.25, 0.3) is 0 Å². The highest BCUT2D eigenvalue weighted by Crippen LogP contribution is 2.54. The van der Waals surface area contributed by atoms with Crippen molar-refractivity contribution in [2.75, 3.05) is 7.04 Å². The minimum atomic E-state index is -4.85. The fourth-order valence-electron chi connectivity index (χ4n) is 2.81. The first kappa shape index (κ1) is 13.5. The molecule has 3 nitrogen and oxygen atoms in total. The zero-order valence-electron chi connectivity index (χ0n) is 15.0. The van der Waals surface area contributed by atoms with Crippen LogP contribution in [0.5, 0.6) is 5.75 Å². The van der Waals surface area contributed by atoms with Gasteiger partial charge in [0.1, 0.15) is 5.75 Å². The number of halogens is 5. The standard InChI is InChI=1S/C15H14F5NO2/c1-7-13(8-4-9(16)10(17)5-11(8)22-3)12(6-21)23-14(7,2)15(18,19)20/h4-5,7,12-13H,1-3H3/t7-,12-,13-,14+/m0/s1/i3D3. The number of benzene rings is 1. The Morgan fingerprint density at radius 3 is 2.48 bits per heavy atom.